The summed E-state index contributed by atoms with van der Waals surface area (Å²) < 4.78 is 67.0. The lowest BCUT2D eigenvalue weighted by Crippen LogP contribution is -2.51. The Hall–Kier alpha value is -2.31. The lowest BCUT2D eigenvalue weighted by atomic mass is 10.0. The van der Waals surface area contributed by atoms with Crippen molar-refractivity contribution < 1.29 is 59.5 Å². The molecule has 2 rings (SSSR count). The van der Waals surface area contributed by atoms with Crippen LogP contribution in [0.1, 0.15) is 83.5 Å². The van der Waals surface area contributed by atoms with E-state index in [2.05, 4.69) is 30.8 Å². The number of rotatable bonds is 27. The van der Waals surface area contributed by atoms with Gasteiger partial charge in [0, 0.05) is 56.3 Å². The maximum Gasteiger partial charge on any atom is 0.397 e. The third-order valence-corrected chi connectivity index (χ3v) is 10.6. The van der Waals surface area contributed by atoms with E-state index in [0.717, 1.165) is 37.9 Å². The van der Waals surface area contributed by atoms with Crippen LogP contribution in [0.25, 0.3) is 0 Å². The number of hydrogen-bond donors (Lipinski definition) is 10. The summed E-state index contributed by atoms with van der Waals surface area (Å²) in [4.78, 5) is 47.8. The highest BCUT2D eigenvalue weighted by Crippen LogP contribution is 2.33. The van der Waals surface area contributed by atoms with Gasteiger partial charge in [0.15, 0.2) is 0 Å². The first-order valence-electron chi connectivity index (χ1n) is 16.7. The zero-order valence-electron chi connectivity index (χ0n) is 27.9. The van der Waals surface area contributed by atoms with Crippen molar-refractivity contribution in [2.75, 3.05) is 32.0 Å². The van der Waals surface area contributed by atoms with Crippen molar-refractivity contribution in [2.45, 2.75) is 119 Å². The summed E-state index contributed by atoms with van der Waals surface area (Å²) in [7, 11) is -9.66. The molecule has 0 bridgehead atoms. The van der Waals surface area contributed by atoms with Crippen LogP contribution in [0.4, 0.5) is 4.79 Å². The minimum atomic E-state index is -4.85. The molecule has 2 heterocycles. The Morgan fingerprint density at radius 2 is 1.38 bits per heavy atom. The van der Waals surface area contributed by atoms with Gasteiger partial charge in [-0.2, -0.15) is 33.3 Å². The van der Waals surface area contributed by atoms with E-state index < -0.39 is 64.4 Å². The van der Waals surface area contributed by atoms with Crippen molar-refractivity contribution in [3.8, 4) is 0 Å². The topological polar surface area (TPSA) is 299 Å². The first-order chi connectivity index (χ1) is 23.5. The van der Waals surface area contributed by atoms with Crippen LogP contribution < -0.4 is 31.3 Å². The number of fused-ring (bicyclic) bond motifs is 1. The summed E-state index contributed by atoms with van der Waals surface area (Å²) >= 11 is 1.87. The maximum absolute atomic E-state index is 12.2. The van der Waals surface area contributed by atoms with E-state index in [-0.39, 0.29) is 36.3 Å². The molecule has 2 aliphatic heterocycles. The van der Waals surface area contributed by atoms with Gasteiger partial charge in [0.1, 0.15) is 0 Å². The second-order valence-corrected chi connectivity index (χ2v) is 15.9. The van der Waals surface area contributed by atoms with E-state index in [0.29, 0.717) is 56.9 Å². The second kappa shape index (κ2) is 22.6. The number of unbranched alkanes of at least 4 members (excludes halogenated alkanes) is 5. The molecule has 19 nitrogen and oxygen atoms in total. The average molecular weight is 777 g/mol. The van der Waals surface area contributed by atoms with Crippen molar-refractivity contribution in [3.63, 3.8) is 0 Å². The maximum atomic E-state index is 12.2. The molecule has 4 unspecified atom stereocenters. The summed E-state index contributed by atoms with van der Waals surface area (Å²) in [6, 6.07) is -1.18. The van der Waals surface area contributed by atoms with Crippen molar-refractivity contribution in [3.05, 3.63) is 0 Å². The molecule has 2 fully saturated rings. The molecule has 0 aliphatic carbocycles. The molecule has 0 aromatic carbocycles. The second-order valence-electron chi connectivity index (χ2n) is 12.4. The lowest BCUT2D eigenvalue weighted by molar-refractivity contribution is -0.122. The molecule has 0 radical (unpaired) electrons. The molecule has 290 valence electrons. The highest BCUT2D eigenvalue weighted by molar-refractivity contribution is 8.00. The van der Waals surface area contributed by atoms with Crippen LogP contribution in [0.15, 0.2) is 0 Å². The zero-order chi connectivity index (χ0) is 37.2. The summed E-state index contributed by atoms with van der Waals surface area (Å²) in [5.41, 5.74) is 0. The van der Waals surface area contributed by atoms with Crippen LogP contribution in [0.2, 0.25) is 0 Å². The predicted octanol–water partition coefficient (Wildman–Crippen LogP) is -1.13. The lowest BCUT2D eigenvalue weighted by Gasteiger charge is -2.24. The fourth-order valence-corrected chi connectivity index (χ4v) is 8.01. The van der Waals surface area contributed by atoms with Gasteiger partial charge in [-0.1, -0.05) is 19.3 Å². The molecule has 0 spiro atoms. The first-order valence-corrected chi connectivity index (χ1v) is 20.6. The summed E-state index contributed by atoms with van der Waals surface area (Å²) in [5.74, 6) is 0.374. The van der Waals surface area contributed by atoms with Crippen LogP contribution in [-0.4, -0.2) is 127 Å². The molecule has 5 amide bonds. The van der Waals surface area contributed by atoms with Crippen molar-refractivity contribution in [1.82, 2.24) is 31.3 Å². The summed E-state index contributed by atoms with van der Waals surface area (Å²) in [6.45, 7) is -0.395. The Labute approximate surface area is 297 Å². The van der Waals surface area contributed by atoms with Gasteiger partial charge in [-0.25, -0.2) is 8.98 Å². The zero-order valence-corrected chi connectivity index (χ0v) is 30.3. The van der Waals surface area contributed by atoms with Crippen LogP contribution in [0.3, 0.4) is 0 Å². The van der Waals surface area contributed by atoms with Gasteiger partial charge >= 0.3 is 26.7 Å². The standard InChI is InChI=1S/C28H52N6O13S3/c35-19(17-47-50(44,45)46)15-22(36)20(34-49(41,42)43)16-31-26(39)11-4-2-8-13-29-24(37)10-3-1-7-14-30-25(38)12-6-5-9-23-27-21(18-48-23)32-28(40)33-27/h19-23,27,34-36H,1-18H2,(H,29,37)(H,30,38)(H,31,39)(H2,32,33,40)(H,41,42,43)(H,44,45,46)/t19?,20?,21-,22?,23?,27-/m0/s1. The van der Waals surface area contributed by atoms with E-state index in [4.69, 9.17) is 9.11 Å². The number of aliphatic hydroxyl groups is 2. The normalized spacial score (nSPS) is 20.6. The summed E-state index contributed by atoms with van der Waals surface area (Å²) in [6.07, 6.45) is 3.60. The molecule has 22 heteroatoms. The van der Waals surface area contributed by atoms with E-state index in [9.17, 15) is 46.2 Å². The minimum absolute atomic E-state index is 0.0192. The third-order valence-electron chi connectivity index (χ3n) is 8.09. The minimum Gasteiger partial charge on any atom is -0.391 e. The smallest absolute Gasteiger partial charge is 0.391 e. The van der Waals surface area contributed by atoms with Gasteiger partial charge in [-0.15, -0.1) is 0 Å². The molecular formula is C28H52N6O13S3. The fraction of sp³-hybridized carbons (Fsp3) is 0.857. The van der Waals surface area contributed by atoms with Gasteiger partial charge in [-0.05, 0) is 38.5 Å². The van der Waals surface area contributed by atoms with Gasteiger partial charge in [-0.3, -0.25) is 23.5 Å². The monoisotopic (exact) mass is 776 g/mol. The Morgan fingerprint density at radius 3 is 1.94 bits per heavy atom. The number of aliphatic hydroxyl groups excluding tert-OH is 2. The molecule has 50 heavy (non-hydrogen) atoms. The average Bonchev–Trinajstić information content (AvgIpc) is 3.57. The predicted molar refractivity (Wildman–Crippen MR) is 183 cm³/mol. The highest BCUT2D eigenvalue weighted by Gasteiger charge is 2.42. The number of carbonyl (C=O) groups excluding carboxylic acids is 4. The molecule has 6 atom stereocenters. The van der Waals surface area contributed by atoms with Crippen LogP contribution in [0, 0.1) is 0 Å². The van der Waals surface area contributed by atoms with E-state index in [1.54, 1.807) is 4.72 Å². The molecule has 0 saturated carbocycles. The first kappa shape index (κ1) is 43.9. The Morgan fingerprint density at radius 1 is 0.820 bits per heavy atom. The number of thioether (sulfide) groups is 1. The van der Waals surface area contributed by atoms with E-state index in [1.165, 1.54) is 0 Å². The van der Waals surface area contributed by atoms with Crippen LogP contribution in [-0.2, 0) is 39.3 Å². The number of hydrogen-bond acceptors (Lipinski definition) is 12. The van der Waals surface area contributed by atoms with E-state index in [1.807, 2.05) is 11.8 Å². The SMILES string of the molecule is O=C(CCCCCNC(=O)CCCCC1SC[C@@H]2NC(=O)N[C@H]12)NCCCCCC(=O)NCC(NS(=O)(=O)O)C(O)CC(O)COS(=O)(=O)O. The van der Waals surface area contributed by atoms with Gasteiger partial charge < -0.3 is 36.8 Å². The molecule has 2 saturated heterocycles. The van der Waals surface area contributed by atoms with Crippen LogP contribution >= 0.6 is 11.8 Å². The van der Waals surface area contributed by atoms with Gasteiger partial charge in [0.2, 0.25) is 17.7 Å². The van der Waals surface area contributed by atoms with Gasteiger partial charge in [0.05, 0.1) is 36.9 Å². The fourth-order valence-electron chi connectivity index (χ4n) is 5.52. The highest BCUT2D eigenvalue weighted by atomic mass is 32.3. The molecule has 10 N–H and O–H groups in total. The molecule has 2 aliphatic rings. The Bertz CT molecular complexity index is 1310. The van der Waals surface area contributed by atoms with Crippen molar-refractivity contribution in [1.29, 1.82) is 0 Å². The molecule has 0 aromatic heterocycles. The number of carbonyl (C=O) groups is 4. The number of nitrogens with one attached hydrogen (secondary N) is 6. The van der Waals surface area contributed by atoms with Gasteiger partial charge in [0.25, 0.3) is 0 Å². The summed E-state index contributed by atoms with van der Waals surface area (Å²) in [5, 5.41) is 34.4. The van der Waals surface area contributed by atoms with Crippen molar-refractivity contribution >= 4 is 56.2 Å². The number of urea groups is 1. The Kier molecular flexibility index (Phi) is 19.8. The third kappa shape index (κ3) is 19.9. The largest absolute Gasteiger partial charge is 0.397 e. The van der Waals surface area contributed by atoms with Crippen LogP contribution in [0.5, 0.6) is 0 Å². The van der Waals surface area contributed by atoms with Crippen molar-refractivity contribution in [2.24, 2.45) is 0 Å². The number of amides is 5. The quantitative estimate of drug-likeness (QED) is 0.0269. The van der Waals surface area contributed by atoms with E-state index >= 15 is 0 Å². The molecule has 0 aromatic rings. The Balaban J connectivity index is 1.44. The molecular weight excluding hydrogens is 725 g/mol.